The molecule has 0 saturated carbocycles. The Hall–Kier alpha value is -0.750. The van der Waals surface area contributed by atoms with Crippen molar-refractivity contribution in [3.05, 3.63) is 12.2 Å². The zero-order valence-corrected chi connectivity index (χ0v) is 11.8. The molecule has 0 amide bonds. The Morgan fingerprint density at radius 1 is 1.47 bits per heavy atom. The number of nitrogens with one attached hydrogen (secondary N) is 1. The second kappa shape index (κ2) is 6.86. The largest absolute Gasteiger partial charge is 0.306 e. The third kappa shape index (κ3) is 5.41. The topological polar surface area (TPSA) is 59.8 Å². The van der Waals surface area contributed by atoms with Crippen LogP contribution in [0.2, 0.25) is 0 Å². The van der Waals surface area contributed by atoms with E-state index in [0.29, 0.717) is 18.2 Å². The zero-order chi connectivity index (χ0) is 12.8. The Morgan fingerprint density at radius 2 is 2.18 bits per heavy atom. The molecule has 2 atom stereocenters. The maximum atomic E-state index is 11.1. The molecule has 6 heteroatoms. The van der Waals surface area contributed by atoms with Gasteiger partial charge >= 0.3 is 0 Å². The number of hydrogen-bond acceptors (Lipinski definition) is 4. The van der Waals surface area contributed by atoms with E-state index in [9.17, 15) is 4.21 Å². The molecule has 1 N–H and O–H groups in total. The fraction of sp³-hybridized carbons (Fsp3) is 0.818. The Balaban J connectivity index is 2.46. The molecule has 1 rings (SSSR count). The molecule has 0 saturated heterocycles. The lowest BCUT2D eigenvalue weighted by Gasteiger charge is -2.13. The van der Waals surface area contributed by atoms with Crippen molar-refractivity contribution in [3.8, 4) is 0 Å². The van der Waals surface area contributed by atoms with Gasteiger partial charge in [-0.1, -0.05) is 13.8 Å². The fourth-order valence-electron chi connectivity index (χ4n) is 1.60. The van der Waals surface area contributed by atoms with Gasteiger partial charge in [-0.3, -0.25) is 4.21 Å². The summed E-state index contributed by atoms with van der Waals surface area (Å²) < 4.78 is 13.0. The van der Waals surface area contributed by atoms with E-state index in [1.54, 1.807) is 12.6 Å². The van der Waals surface area contributed by atoms with Crippen LogP contribution in [0.3, 0.4) is 0 Å². The normalized spacial score (nSPS) is 15.1. The molecule has 0 radical (unpaired) electrons. The molecule has 1 aromatic rings. The van der Waals surface area contributed by atoms with Crippen LogP contribution in [0.25, 0.3) is 0 Å². The van der Waals surface area contributed by atoms with Crippen molar-refractivity contribution >= 4 is 10.8 Å². The summed E-state index contributed by atoms with van der Waals surface area (Å²) in [6.07, 6.45) is 3.31. The van der Waals surface area contributed by atoms with Crippen LogP contribution in [-0.4, -0.2) is 37.0 Å². The summed E-state index contributed by atoms with van der Waals surface area (Å²) in [4.78, 5) is 4.23. The molecule has 98 valence electrons. The molecule has 5 nitrogen and oxygen atoms in total. The van der Waals surface area contributed by atoms with Gasteiger partial charge in [-0.25, -0.2) is 9.67 Å². The molecule has 2 unspecified atom stereocenters. The highest BCUT2D eigenvalue weighted by Gasteiger charge is 2.08. The van der Waals surface area contributed by atoms with E-state index in [2.05, 4.69) is 29.2 Å². The van der Waals surface area contributed by atoms with Crippen LogP contribution in [0.4, 0.5) is 0 Å². The number of hydrogen-bond donors (Lipinski definition) is 1. The summed E-state index contributed by atoms with van der Waals surface area (Å²) >= 11 is 0. The first-order chi connectivity index (χ1) is 7.99. The summed E-state index contributed by atoms with van der Waals surface area (Å²) in [6.45, 7) is 7.89. The van der Waals surface area contributed by atoms with Gasteiger partial charge in [0.05, 0.1) is 6.54 Å². The zero-order valence-electron chi connectivity index (χ0n) is 11.0. The van der Waals surface area contributed by atoms with Gasteiger partial charge < -0.3 is 5.32 Å². The summed E-state index contributed by atoms with van der Waals surface area (Å²) in [5.41, 5.74) is 0. The van der Waals surface area contributed by atoms with E-state index in [0.717, 1.165) is 12.4 Å². The lowest BCUT2D eigenvalue weighted by Crippen LogP contribution is -2.31. The van der Waals surface area contributed by atoms with Crippen molar-refractivity contribution in [1.82, 2.24) is 20.1 Å². The Kier molecular flexibility index (Phi) is 5.77. The smallest absolute Gasteiger partial charge is 0.140 e. The predicted octanol–water partition coefficient (Wildman–Crippen LogP) is 0.791. The van der Waals surface area contributed by atoms with Crippen molar-refractivity contribution in [2.45, 2.75) is 39.9 Å². The number of nitrogens with zero attached hydrogens (tertiary/aromatic N) is 3. The minimum absolute atomic E-state index is 0.227. The maximum Gasteiger partial charge on any atom is 0.140 e. The number of rotatable bonds is 7. The van der Waals surface area contributed by atoms with Crippen molar-refractivity contribution in [1.29, 1.82) is 0 Å². The lowest BCUT2D eigenvalue weighted by atomic mass is 10.2. The molecule has 0 aliphatic carbocycles. The highest BCUT2D eigenvalue weighted by atomic mass is 32.2. The molecule has 0 aliphatic heterocycles. The van der Waals surface area contributed by atoms with Gasteiger partial charge in [0.2, 0.25) is 0 Å². The van der Waals surface area contributed by atoms with E-state index in [-0.39, 0.29) is 6.04 Å². The first-order valence-electron chi connectivity index (χ1n) is 5.89. The molecule has 0 bridgehead atoms. The minimum Gasteiger partial charge on any atom is -0.306 e. The molecule has 0 aliphatic rings. The molecule has 0 aromatic carbocycles. The first kappa shape index (κ1) is 14.3. The quantitative estimate of drug-likeness (QED) is 0.785. The van der Waals surface area contributed by atoms with Crippen molar-refractivity contribution in [2.75, 3.05) is 12.0 Å². The van der Waals surface area contributed by atoms with Crippen molar-refractivity contribution in [2.24, 2.45) is 5.92 Å². The van der Waals surface area contributed by atoms with Gasteiger partial charge in [0.25, 0.3) is 0 Å². The third-order valence-electron chi connectivity index (χ3n) is 2.33. The highest BCUT2D eigenvalue weighted by molar-refractivity contribution is 7.84. The van der Waals surface area contributed by atoms with Gasteiger partial charge in [0.15, 0.2) is 0 Å². The Labute approximate surface area is 105 Å². The molecule has 17 heavy (non-hydrogen) atoms. The summed E-state index contributed by atoms with van der Waals surface area (Å²) in [7, 11) is -0.764. The highest BCUT2D eigenvalue weighted by Crippen LogP contribution is 2.01. The fourth-order valence-corrected chi connectivity index (χ4v) is 2.42. The van der Waals surface area contributed by atoms with Crippen LogP contribution in [0.15, 0.2) is 6.33 Å². The van der Waals surface area contributed by atoms with E-state index < -0.39 is 10.8 Å². The van der Waals surface area contributed by atoms with Crippen LogP contribution >= 0.6 is 0 Å². The predicted molar refractivity (Wildman–Crippen MR) is 70.1 cm³/mol. The maximum absolute atomic E-state index is 11.1. The minimum atomic E-state index is -0.764. The Morgan fingerprint density at radius 3 is 2.76 bits per heavy atom. The van der Waals surface area contributed by atoms with Gasteiger partial charge in [0.1, 0.15) is 12.2 Å². The molecular formula is C11H22N4OS. The van der Waals surface area contributed by atoms with E-state index in [1.807, 2.05) is 11.6 Å². The van der Waals surface area contributed by atoms with E-state index >= 15 is 0 Å². The van der Waals surface area contributed by atoms with E-state index in [1.165, 1.54) is 0 Å². The SMILES string of the molecule is CC(C)Cn1ncnc1CNC(C)CS(C)=O. The van der Waals surface area contributed by atoms with Crippen LogP contribution in [0.5, 0.6) is 0 Å². The van der Waals surface area contributed by atoms with Gasteiger partial charge in [-0.05, 0) is 12.8 Å². The van der Waals surface area contributed by atoms with E-state index in [4.69, 9.17) is 0 Å². The van der Waals surface area contributed by atoms with Gasteiger partial charge in [0, 0.05) is 35.4 Å². The molecule has 0 spiro atoms. The molecule has 1 aromatic heterocycles. The molecular weight excluding hydrogens is 236 g/mol. The second-order valence-electron chi connectivity index (χ2n) is 4.77. The first-order valence-corrected chi connectivity index (χ1v) is 7.61. The molecule has 0 fully saturated rings. The monoisotopic (exact) mass is 258 g/mol. The van der Waals surface area contributed by atoms with Crippen molar-refractivity contribution in [3.63, 3.8) is 0 Å². The van der Waals surface area contributed by atoms with Gasteiger partial charge in [-0.2, -0.15) is 5.10 Å². The summed E-state index contributed by atoms with van der Waals surface area (Å²) in [6, 6.07) is 0.227. The van der Waals surface area contributed by atoms with Crippen LogP contribution < -0.4 is 5.32 Å². The average Bonchev–Trinajstić information content (AvgIpc) is 2.60. The van der Waals surface area contributed by atoms with Crippen LogP contribution in [0.1, 0.15) is 26.6 Å². The molecule has 1 heterocycles. The Bertz CT molecular complexity index is 364. The van der Waals surface area contributed by atoms with Gasteiger partial charge in [-0.15, -0.1) is 0 Å². The average molecular weight is 258 g/mol. The van der Waals surface area contributed by atoms with Crippen molar-refractivity contribution < 1.29 is 4.21 Å². The van der Waals surface area contributed by atoms with Crippen LogP contribution in [0, 0.1) is 5.92 Å². The van der Waals surface area contributed by atoms with Crippen LogP contribution in [-0.2, 0) is 23.9 Å². The summed E-state index contributed by atoms with van der Waals surface area (Å²) in [5.74, 6) is 2.15. The second-order valence-corrected chi connectivity index (χ2v) is 6.25. The lowest BCUT2D eigenvalue weighted by molar-refractivity contribution is 0.451. The third-order valence-corrected chi connectivity index (χ3v) is 3.30. The summed E-state index contributed by atoms with van der Waals surface area (Å²) in [5, 5.41) is 7.51. The standard InChI is InChI=1S/C11H22N4OS/c1-9(2)6-15-11(13-8-14-15)5-12-10(3)7-17(4)16/h8-10,12H,5-7H2,1-4H3. The number of aromatic nitrogens is 3.